The number of sulfonamides is 1. The Balaban J connectivity index is 1.60. The Morgan fingerprint density at radius 1 is 1.06 bits per heavy atom. The molecule has 0 atom stereocenters. The van der Waals surface area contributed by atoms with Crippen molar-refractivity contribution in [2.45, 2.75) is 30.2 Å². The van der Waals surface area contributed by atoms with E-state index < -0.39 is 32.9 Å². The third kappa shape index (κ3) is 5.36. The zero-order chi connectivity index (χ0) is 23.8. The Morgan fingerprint density at radius 2 is 1.76 bits per heavy atom. The Labute approximate surface area is 199 Å². The third-order valence-electron chi connectivity index (χ3n) is 4.92. The minimum atomic E-state index is -4.30. The molecule has 1 aromatic heterocycles. The third-order valence-corrected chi connectivity index (χ3v) is 7.00. The van der Waals surface area contributed by atoms with E-state index in [4.69, 9.17) is 23.2 Å². The highest BCUT2D eigenvalue weighted by Crippen LogP contribution is 2.37. The van der Waals surface area contributed by atoms with Crippen LogP contribution in [0.2, 0.25) is 10.0 Å². The molecule has 2 N–H and O–H groups in total. The van der Waals surface area contributed by atoms with Crippen molar-refractivity contribution in [1.29, 1.82) is 0 Å². The molecular formula is C22H16Cl2F2N4O2S. The van der Waals surface area contributed by atoms with Gasteiger partial charge in [-0.2, -0.15) is 0 Å². The van der Waals surface area contributed by atoms with Gasteiger partial charge in [0.25, 0.3) is 10.0 Å². The van der Waals surface area contributed by atoms with Gasteiger partial charge in [0.2, 0.25) is 5.95 Å². The molecule has 170 valence electrons. The largest absolute Gasteiger partial charge is 0.349 e. The van der Waals surface area contributed by atoms with E-state index in [1.54, 1.807) is 0 Å². The lowest BCUT2D eigenvalue weighted by molar-refractivity contribution is 0.578. The number of nitrogens with one attached hydrogen (secondary N) is 2. The van der Waals surface area contributed by atoms with E-state index in [9.17, 15) is 17.2 Å². The molecule has 0 saturated heterocycles. The number of aromatic nitrogens is 2. The van der Waals surface area contributed by atoms with E-state index in [0.29, 0.717) is 11.5 Å². The van der Waals surface area contributed by atoms with Gasteiger partial charge in [0.05, 0.1) is 21.8 Å². The molecule has 1 saturated carbocycles. The molecule has 0 bridgehead atoms. The zero-order valence-electron chi connectivity index (χ0n) is 17.1. The number of hydrogen-bond acceptors (Lipinski definition) is 5. The van der Waals surface area contributed by atoms with Crippen LogP contribution < -0.4 is 10.0 Å². The van der Waals surface area contributed by atoms with Crippen molar-refractivity contribution in [3.8, 4) is 11.8 Å². The number of halogens is 4. The average Bonchev–Trinajstić information content (AvgIpc) is 3.49. The second-order valence-corrected chi connectivity index (χ2v) is 10.2. The fourth-order valence-electron chi connectivity index (χ4n) is 2.80. The first-order valence-electron chi connectivity index (χ1n) is 9.64. The molecule has 3 aromatic rings. The molecule has 33 heavy (non-hydrogen) atoms. The van der Waals surface area contributed by atoms with Crippen LogP contribution in [0.1, 0.15) is 30.9 Å². The number of anilines is 2. The summed E-state index contributed by atoms with van der Waals surface area (Å²) in [7, 11) is -4.30. The number of rotatable bonds is 5. The summed E-state index contributed by atoms with van der Waals surface area (Å²) in [5.74, 6) is 3.28. The molecular weight excluding hydrogens is 493 g/mol. The lowest BCUT2D eigenvalue weighted by Crippen LogP contribution is -2.17. The monoisotopic (exact) mass is 508 g/mol. The van der Waals surface area contributed by atoms with Gasteiger partial charge >= 0.3 is 0 Å². The molecule has 6 nitrogen and oxygen atoms in total. The highest BCUT2D eigenvalue weighted by Gasteiger charge is 2.37. The minimum Gasteiger partial charge on any atom is -0.349 e. The van der Waals surface area contributed by atoms with Crippen molar-refractivity contribution in [3.05, 3.63) is 75.5 Å². The van der Waals surface area contributed by atoms with E-state index in [0.717, 1.165) is 31.0 Å². The number of hydrogen-bond donors (Lipinski definition) is 2. The van der Waals surface area contributed by atoms with Gasteiger partial charge in [-0.25, -0.2) is 27.2 Å². The first-order chi connectivity index (χ1) is 15.6. The topological polar surface area (TPSA) is 84.0 Å². The van der Waals surface area contributed by atoms with E-state index in [2.05, 4.69) is 38.8 Å². The molecule has 2 aromatic carbocycles. The molecule has 1 fully saturated rings. The first kappa shape index (κ1) is 23.2. The standard InChI is InChI=1S/C22H16Cl2F2N4O2S/c1-22(8-9-22)29-21-27-11-13(12-28-21)2-4-15-17(25)6-7-18(20(15)26)30-33(31,32)19-10-14(23)3-5-16(19)24/h3,5-7,10-12,30H,8-9H2,1H3,(H,27,28,29). The lowest BCUT2D eigenvalue weighted by Gasteiger charge is -2.11. The van der Waals surface area contributed by atoms with Crippen molar-refractivity contribution in [1.82, 2.24) is 9.97 Å². The lowest BCUT2D eigenvalue weighted by atomic mass is 10.1. The maximum atomic E-state index is 14.9. The molecule has 0 aliphatic heterocycles. The summed E-state index contributed by atoms with van der Waals surface area (Å²) in [5.41, 5.74) is -0.773. The van der Waals surface area contributed by atoms with Crippen LogP contribution in [0.25, 0.3) is 0 Å². The van der Waals surface area contributed by atoms with Crippen LogP contribution in [0.4, 0.5) is 20.4 Å². The van der Waals surface area contributed by atoms with E-state index in [1.165, 1.54) is 24.5 Å². The Hall–Kier alpha value is -2.93. The van der Waals surface area contributed by atoms with Gasteiger partial charge in [-0.15, -0.1) is 0 Å². The number of benzene rings is 2. The second-order valence-electron chi connectivity index (χ2n) is 7.70. The number of nitrogens with zero attached hydrogens (tertiary/aromatic N) is 2. The van der Waals surface area contributed by atoms with E-state index in [1.807, 2.05) is 0 Å². The maximum absolute atomic E-state index is 14.9. The van der Waals surface area contributed by atoms with Gasteiger partial charge in [0.1, 0.15) is 10.7 Å². The summed E-state index contributed by atoms with van der Waals surface area (Å²) in [6.45, 7) is 2.05. The summed E-state index contributed by atoms with van der Waals surface area (Å²) in [6.07, 6.45) is 4.91. The van der Waals surface area contributed by atoms with Crippen molar-refractivity contribution in [2.75, 3.05) is 10.0 Å². The summed E-state index contributed by atoms with van der Waals surface area (Å²) in [5, 5.41) is 3.21. The second kappa shape index (κ2) is 8.78. The normalized spacial score (nSPS) is 14.2. The van der Waals surface area contributed by atoms with Crippen molar-refractivity contribution >= 4 is 44.9 Å². The van der Waals surface area contributed by atoms with Gasteiger partial charge in [-0.3, -0.25) is 4.72 Å². The van der Waals surface area contributed by atoms with Gasteiger partial charge in [0.15, 0.2) is 5.82 Å². The van der Waals surface area contributed by atoms with E-state index in [-0.39, 0.29) is 20.5 Å². The molecule has 0 spiro atoms. The summed E-state index contributed by atoms with van der Waals surface area (Å²) in [4.78, 5) is 7.95. The van der Waals surface area contributed by atoms with Gasteiger partial charge in [0, 0.05) is 23.0 Å². The summed E-state index contributed by atoms with van der Waals surface area (Å²) in [6, 6.07) is 5.69. The average molecular weight is 509 g/mol. The van der Waals surface area contributed by atoms with Crippen LogP contribution in [0.3, 0.4) is 0 Å². The Morgan fingerprint density at radius 3 is 2.42 bits per heavy atom. The molecule has 1 heterocycles. The highest BCUT2D eigenvalue weighted by molar-refractivity contribution is 7.92. The van der Waals surface area contributed by atoms with Crippen molar-refractivity contribution < 1.29 is 17.2 Å². The van der Waals surface area contributed by atoms with Crippen LogP contribution in [0.5, 0.6) is 0 Å². The zero-order valence-corrected chi connectivity index (χ0v) is 19.4. The highest BCUT2D eigenvalue weighted by atomic mass is 35.5. The van der Waals surface area contributed by atoms with Crippen LogP contribution in [-0.2, 0) is 10.0 Å². The molecule has 0 amide bonds. The van der Waals surface area contributed by atoms with Crippen molar-refractivity contribution in [3.63, 3.8) is 0 Å². The minimum absolute atomic E-state index is 0.00252. The summed E-state index contributed by atoms with van der Waals surface area (Å²) < 4.78 is 56.6. The molecule has 1 aliphatic rings. The first-order valence-corrected chi connectivity index (χ1v) is 11.9. The molecule has 0 unspecified atom stereocenters. The van der Waals surface area contributed by atoms with E-state index >= 15 is 0 Å². The predicted octanol–water partition coefficient (Wildman–Crippen LogP) is 5.23. The van der Waals surface area contributed by atoms with Gasteiger partial charge in [-0.05, 0) is 50.1 Å². The summed E-state index contributed by atoms with van der Waals surface area (Å²) >= 11 is 11.8. The molecule has 11 heteroatoms. The predicted molar refractivity (Wildman–Crippen MR) is 123 cm³/mol. The fraction of sp³-hybridized carbons (Fsp3) is 0.182. The van der Waals surface area contributed by atoms with Crippen LogP contribution in [-0.4, -0.2) is 23.9 Å². The van der Waals surface area contributed by atoms with Crippen molar-refractivity contribution in [2.24, 2.45) is 0 Å². The quantitative estimate of drug-likeness (QED) is 0.461. The molecule has 1 aliphatic carbocycles. The maximum Gasteiger partial charge on any atom is 0.263 e. The smallest absolute Gasteiger partial charge is 0.263 e. The molecule has 0 radical (unpaired) electrons. The van der Waals surface area contributed by atoms with Gasteiger partial charge in [-0.1, -0.05) is 35.0 Å². The molecule has 4 rings (SSSR count). The van der Waals surface area contributed by atoms with Crippen LogP contribution >= 0.6 is 23.2 Å². The van der Waals surface area contributed by atoms with Crippen LogP contribution in [0, 0.1) is 23.5 Å². The fourth-order valence-corrected chi connectivity index (χ4v) is 4.63. The Kier molecular flexibility index (Phi) is 6.18. The van der Waals surface area contributed by atoms with Gasteiger partial charge < -0.3 is 5.32 Å². The SMILES string of the molecule is CC1(Nc2ncc(C#Cc3c(F)ccc(NS(=O)(=O)c4cc(Cl)ccc4Cl)c3F)cn2)CC1. The Bertz CT molecular complexity index is 1400. The van der Waals surface area contributed by atoms with Crippen LogP contribution in [0.15, 0.2) is 47.6 Å².